The molecule has 0 spiro atoms. The fourth-order valence-corrected chi connectivity index (χ4v) is 4.18. The van der Waals surface area contributed by atoms with Gasteiger partial charge in [-0.3, -0.25) is 4.79 Å². The van der Waals surface area contributed by atoms with Crippen LogP contribution < -0.4 is 10.0 Å². The second kappa shape index (κ2) is 9.55. The first kappa shape index (κ1) is 23.9. The van der Waals surface area contributed by atoms with Gasteiger partial charge in [0, 0.05) is 23.6 Å². The maximum atomic E-state index is 12.9. The minimum atomic E-state index is -4.46. The van der Waals surface area contributed by atoms with Crippen molar-refractivity contribution in [2.75, 3.05) is 10.0 Å². The molecule has 2 N–H and O–H groups in total. The lowest BCUT2D eigenvalue weighted by molar-refractivity contribution is -0.137. The highest BCUT2D eigenvalue weighted by Crippen LogP contribution is 2.32. The molecule has 1 heterocycles. The molecule has 0 atom stereocenters. The van der Waals surface area contributed by atoms with Crippen LogP contribution in [0.25, 0.3) is 11.1 Å². The highest BCUT2D eigenvalue weighted by molar-refractivity contribution is 7.92. The zero-order valence-electron chi connectivity index (χ0n) is 17.8. The van der Waals surface area contributed by atoms with Crippen LogP contribution in [0.15, 0.2) is 96.2 Å². The SMILES string of the molecule is O=C(Nc1ccc(S(=O)(=O)Nc2ncccn2)cc1)c1ccccc1-c1ccc(C(F)(F)F)cc1. The molecule has 11 heteroatoms. The Balaban J connectivity index is 1.52. The Labute approximate surface area is 198 Å². The minimum absolute atomic E-state index is 0.0619. The number of nitrogens with one attached hydrogen (secondary N) is 2. The first-order valence-corrected chi connectivity index (χ1v) is 11.6. The topological polar surface area (TPSA) is 101 Å². The number of benzene rings is 3. The molecule has 4 aromatic rings. The lowest BCUT2D eigenvalue weighted by atomic mass is 9.98. The Hall–Kier alpha value is -4.25. The van der Waals surface area contributed by atoms with Crippen molar-refractivity contribution in [1.29, 1.82) is 0 Å². The molecule has 0 bridgehead atoms. The molecule has 0 aliphatic carbocycles. The Morgan fingerprint density at radius 2 is 1.43 bits per heavy atom. The van der Waals surface area contributed by atoms with E-state index in [4.69, 9.17) is 0 Å². The van der Waals surface area contributed by atoms with E-state index in [1.807, 2.05) is 0 Å². The van der Waals surface area contributed by atoms with E-state index in [0.29, 0.717) is 16.8 Å². The number of halogens is 3. The van der Waals surface area contributed by atoms with Gasteiger partial charge in [-0.05, 0) is 59.7 Å². The van der Waals surface area contributed by atoms with Gasteiger partial charge in [-0.25, -0.2) is 23.1 Å². The van der Waals surface area contributed by atoms with Gasteiger partial charge in [0.25, 0.3) is 15.9 Å². The van der Waals surface area contributed by atoms with Crippen molar-refractivity contribution in [3.63, 3.8) is 0 Å². The van der Waals surface area contributed by atoms with Crippen LogP contribution in [0.3, 0.4) is 0 Å². The maximum absolute atomic E-state index is 12.9. The first-order valence-electron chi connectivity index (χ1n) is 10.1. The summed E-state index contributed by atoms with van der Waals surface area (Å²) >= 11 is 0. The molecular weight excluding hydrogens is 481 g/mol. The third-order valence-corrected chi connectivity index (χ3v) is 6.25. The fourth-order valence-electron chi connectivity index (χ4n) is 3.22. The van der Waals surface area contributed by atoms with Crippen LogP contribution >= 0.6 is 0 Å². The van der Waals surface area contributed by atoms with Crippen molar-refractivity contribution in [3.8, 4) is 11.1 Å². The largest absolute Gasteiger partial charge is 0.416 e. The predicted octanol–water partition coefficient (Wildman–Crippen LogP) is 5.22. The number of hydrogen-bond acceptors (Lipinski definition) is 5. The number of aromatic nitrogens is 2. The van der Waals surface area contributed by atoms with Crippen molar-refractivity contribution in [1.82, 2.24) is 9.97 Å². The molecule has 0 aliphatic heterocycles. The number of sulfonamides is 1. The van der Waals surface area contributed by atoms with E-state index in [9.17, 15) is 26.4 Å². The van der Waals surface area contributed by atoms with Crippen molar-refractivity contribution in [2.24, 2.45) is 0 Å². The summed E-state index contributed by atoms with van der Waals surface area (Å²) < 4.78 is 65.9. The van der Waals surface area contributed by atoms with Crippen molar-refractivity contribution < 1.29 is 26.4 Å². The van der Waals surface area contributed by atoms with E-state index >= 15 is 0 Å². The van der Waals surface area contributed by atoms with E-state index < -0.39 is 27.7 Å². The summed E-state index contributed by atoms with van der Waals surface area (Å²) in [5.41, 5.74) is 0.676. The molecule has 0 aliphatic rings. The van der Waals surface area contributed by atoms with Crippen molar-refractivity contribution in [3.05, 3.63) is 102 Å². The maximum Gasteiger partial charge on any atom is 0.416 e. The second-order valence-electron chi connectivity index (χ2n) is 7.28. The smallest absolute Gasteiger partial charge is 0.322 e. The zero-order valence-corrected chi connectivity index (χ0v) is 18.6. The number of anilines is 2. The van der Waals surface area contributed by atoms with Crippen LogP contribution in [-0.2, 0) is 16.2 Å². The van der Waals surface area contributed by atoms with E-state index in [2.05, 4.69) is 20.0 Å². The summed E-state index contributed by atoms with van der Waals surface area (Å²) in [5, 5.41) is 2.67. The molecule has 0 unspecified atom stereocenters. The standard InChI is InChI=1S/C24H17F3N4O3S/c25-24(26,27)17-8-6-16(7-9-17)20-4-1-2-5-21(20)22(32)30-18-10-12-19(13-11-18)35(33,34)31-23-28-14-3-15-29-23/h1-15H,(H,30,32)(H,28,29,31). The van der Waals surface area contributed by atoms with Crippen molar-refractivity contribution in [2.45, 2.75) is 11.1 Å². The fraction of sp³-hybridized carbons (Fsp3) is 0.0417. The third kappa shape index (κ3) is 5.64. The summed E-state index contributed by atoms with van der Waals surface area (Å²) in [6.07, 6.45) is -1.67. The number of nitrogens with zero attached hydrogens (tertiary/aromatic N) is 2. The van der Waals surface area contributed by atoms with E-state index in [1.165, 1.54) is 48.8 Å². The quantitative estimate of drug-likeness (QED) is 0.380. The summed E-state index contributed by atoms with van der Waals surface area (Å²) in [7, 11) is -3.94. The highest BCUT2D eigenvalue weighted by Gasteiger charge is 2.30. The number of carbonyl (C=O) groups excluding carboxylic acids is 1. The average molecular weight is 498 g/mol. The molecule has 7 nitrogen and oxygen atoms in total. The number of carbonyl (C=O) groups is 1. The summed E-state index contributed by atoms with van der Waals surface area (Å²) in [5.74, 6) is -0.586. The van der Waals surface area contributed by atoms with Crippen LogP contribution in [0.5, 0.6) is 0 Å². The number of rotatable bonds is 6. The van der Waals surface area contributed by atoms with Gasteiger partial charge in [-0.15, -0.1) is 0 Å². The molecule has 35 heavy (non-hydrogen) atoms. The Bertz CT molecular complexity index is 1440. The third-order valence-electron chi connectivity index (χ3n) is 4.91. The molecule has 3 aromatic carbocycles. The Morgan fingerprint density at radius 3 is 2.06 bits per heavy atom. The van der Waals surface area contributed by atoms with E-state index in [0.717, 1.165) is 12.1 Å². The summed E-state index contributed by atoms with van der Waals surface area (Å²) in [6.45, 7) is 0. The zero-order chi connectivity index (χ0) is 25.1. The number of hydrogen-bond donors (Lipinski definition) is 2. The number of amides is 1. The molecular formula is C24H17F3N4O3S. The van der Waals surface area contributed by atoms with Gasteiger partial charge < -0.3 is 5.32 Å². The van der Waals surface area contributed by atoms with Gasteiger partial charge in [0.05, 0.1) is 10.5 Å². The van der Waals surface area contributed by atoms with E-state index in [1.54, 1.807) is 30.3 Å². The predicted molar refractivity (Wildman–Crippen MR) is 124 cm³/mol. The lowest BCUT2D eigenvalue weighted by Crippen LogP contribution is -2.15. The molecule has 4 rings (SSSR count). The van der Waals surface area contributed by atoms with Crippen LogP contribution in [0.4, 0.5) is 24.8 Å². The average Bonchev–Trinajstić information content (AvgIpc) is 2.84. The van der Waals surface area contributed by atoms with Gasteiger partial charge in [-0.1, -0.05) is 30.3 Å². The number of alkyl halides is 3. The van der Waals surface area contributed by atoms with Gasteiger partial charge in [0.1, 0.15) is 0 Å². The Kier molecular flexibility index (Phi) is 6.52. The van der Waals surface area contributed by atoms with Gasteiger partial charge in [0.15, 0.2) is 0 Å². The van der Waals surface area contributed by atoms with Gasteiger partial charge >= 0.3 is 6.18 Å². The molecule has 1 amide bonds. The van der Waals surface area contributed by atoms with Gasteiger partial charge in [0.2, 0.25) is 5.95 Å². The second-order valence-corrected chi connectivity index (χ2v) is 8.96. The van der Waals surface area contributed by atoms with Crippen LogP contribution in [-0.4, -0.2) is 24.3 Å². The minimum Gasteiger partial charge on any atom is -0.322 e. The van der Waals surface area contributed by atoms with Crippen LogP contribution in [0, 0.1) is 0 Å². The molecule has 0 fully saturated rings. The Morgan fingerprint density at radius 1 is 0.800 bits per heavy atom. The lowest BCUT2D eigenvalue weighted by Gasteiger charge is -2.12. The molecule has 0 saturated carbocycles. The molecule has 0 saturated heterocycles. The normalized spacial score (nSPS) is 11.6. The summed E-state index contributed by atoms with van der Waals surface area (Å²) in [4.78, 5) is 20.5. The molecule has 1 aromatic heterocycles. The van der Waals surface area contributed by atoms with Crippen molar-refractivity contribution >= 4 is 27.6 Å². The first-order chi connectivity index (χ1) is 16.6. The van der Waals surface area contributed by atoms with Crippen LogP contribution in [0.2, 0.25) is 0 Å². The van der Waals surface area contributed by atoms with Gasteiger partial charge in [-0.2, -0.15) is 13.2 Å². The van der Waals surface area contributed by atoms with Crippen LogP contribution in [0.1, 0.15) is 15.9 Å². The highest BCUT2D eigenvalue weighted by atomic mass is 32.2. The monoisotopic (exact) mass is 498 g/mol. The van der Waals surface area contributed by atoms with E-state index in [-0.39, 0.29) is 16.4 Å². The molecule has 178 valence electrons. The molecule has 0 radical (unpaired) electrons. The summed E-state index contributed by atoms with van der Waals surface area (Å²) in [6, 6.07) is 18.0.